The van der Waals surface area contributed by atoms with E-state index < -0.39 is 9.84 Å². The van der Waals surface area contributed by atoms with Gasteiger partial charge in [-0.05, 0) is 54.7 Å². The van der Waals surface area contributed by atoms with E-state index >= 15 is 0 Å². The molecule has 0 fully saturated rings. The molecule has 1 aliphatic carbocycles. The normalized spacial score (nSPS) is 18.2. The molecule has 1 aliphatic rings. The van der Waals surface area contributed by atoms with Crippen molar-refractivity contribution in [1.82, 2.24) is 5.32 Å². The summed E-state index contributed by atoms with van der Waals surface area (Å²) in [6.07, 6.45) is 3.28. The van der Waals surface area contributed by atoms with Gasteiger partial charge in [0, 0.05) is 18.3 Å². The molecule has 2 atom stereocenters. The standard InChI is InChI=1S/C19H23NO3S/c1-13(14-7-9-15(10-8-14)24(3,21)22)20-18-12-11-17-16(18)5-4-6-19(17)23-2/h4-10,13,18,20H,11-12H2,1-3H3/t13-,18-/m1/s1. The molecule has 0 unspecified atom stereocenters. The number of benzene rings is 2. The molecule has 0 saturated carbocycles. The van der Waals surface area contributed by atoms with Crippen LogP contribution in [0, 0.1) is 0 Å². The van der Waals surface area contributed by atoms with E-state index in [9.17, 15) is 8.42 Å². The van der Waals surface area contributed by atoms with Crippen LogP contribution in [-0.2, 0) is 16.3 Å². The van der Waals surface area contributed by atoms with Crippen LogP contribution < -0.4 is 10.1 Å². The second-order valence-corrected chi connectivity index (χ2v) is 8.36. The van der Waals surface area contributed by atoms with Crippen LogP contribution in [0.15, 0.2) is 47.4 Å². The maximum Gasteiger partial charge on any atom is 0.175 e. The van der Waals surface area contributed by atoms with Crippen molar-refractivity contribution >= 4 is 9.84 Å². The first kappa shape index (κ1) is 17.0. The predicted molar refractivity (Wildman–Crippen MR) is 95.2 cm³/mol. The minimum absolute atomic E-state index is 0.140. The van der Waals surface area contributed by atoms with E-state index in [4.69, 9.17) is 4.74 Å². The molecule has 3 rings (SSSR count). The zero-order valence-electron chi connectivity index (χ0n) is 14.2. The van der Waals surface area contributed by atoms with Crippen LogP contribution in [0.25, 0.3) is 0 Å². The summed E-state index contributed by atoms with van der Waals surface area (Å²) in [6, 6.07) is 13.7. The molecule has 4 nitrogen and oxygen atoms in total. The minimum Gasteiger partial charge on any atom is -0.496 e. The molecular formula is C19H23NO3S. The zero-order valence-corrected chi connectivity index (χ0v) is 15.1. The first-order valence-corrected chi connectivity index (χ1v) is 10.0. The zero-order chi connectivity index (χ0) is 17.3. The summed E-state index contributed by atoms with van der Waals surface area (Å²) in [5, 5.41) is 3.66. The Morgan fingerprint density at radius 3 is 2.50 bits per heavy atom. The van der Waals surface area contributed by atoms with E-state index in [0.29, 0.717) is 10.9 Å². The lowest BCUT2D eigenvalue weighted by atomic mass is 10.0. The van der Waals surface area contributed by atoms with Gasteiger partial charge in [-0.25, -0.2) is 8.42 Å². The third-order valence-corrected chi connectivity index (χ3v) is 5.84. The van der Waals surface area contributed by atoms with Gasteiger partial charge in [-0.3, -0.25) is 0 Å². The van der Waals surface area contributed by atoms with Gasteiger partial charge >= 0.3 is 0 Å². The molecule has 5 heteroatoms. The molecule has 0 aromatic heterocycles. The van der Waals surface area contributed by atoms with Crippen molar-refractivity contribution in [2.45, 2.75) is 36.7 Å². The van der Waals surface area contributed by atoms with E-state index in [0.717, 1.165) is 24.2 Å². The number of hydrogen-bond donors (Lipinski definition) is 1. The molecule has 2 aromatic carbocycles. The highest BCUT2D eigenvalue weighted by Gasteiger charge is 2.26. The Kier molecular flexibility index (Phi) is 4.65. The molecule has 0 spiro atoms. The maximum absolute atomic E-state index is 11.6. The molecule has 0 bridgehead atoms. The molecule has 0 radical (unpaired) electrons. The van der Waals surface area contributed by atoms with Crippen LogP contribution >= 0.6 is 0 Å². The predicted octanol–water partition coefficient (Wildman–Crippen LogP) is 3.44. The quantitative estimate of drug-likeness (QED) is 0.902. The molecular weight excluding hydrogens is 322 g/mol. The van der Waals surface area contributed by atoms with E-state index in [2.05, 4.69) is 18.3 Å². The highest BCUT2D eigenvalue weighted by atomic mass is 32.2. The Labute approximate surface area is 143 Å². The van der Waals surface area contributed by atoms with E-state index in [1.165, 1.54) is 17.4 Å². The lowest BCUT2D eigenvalue weighted by molar-refractivity contribution is 0.410. The first-order chi connectivity index (χ1) is 11.4. The minimum atomic E-state index is -3.15. The molecule has 0 heterocycles. The fourth-order valence-electron chi connectivity index (χ4n) is 3.39. The Balaban J connectivity index is 1.76. The molecule has 0 aliphatic heterocycles. The van der Waals surface area contributed by atoms with Crippen LogP contribution in [-0.4, -0.2) is 21.8 Å². The van der Waals surface area contributed by atoms with Crippen molar-refractivity contribution in [2.75, 3.05) is 13.4 Å². The lowest BCUT2D eigenvalue weighted by Crippen LogP contribution is -2.23. The monoisotopic (exact) mass is 345 g/mol. The summed E-state index contributed by atoms with van der Waals surface area (Å²) >= 11 is 0. The van der Waals surface area contributed by atoms with Crippen molar-refractivity contribution in [3.8, 4) is 5.75 Å². The number of sulfone groups is 1. The fourth-order valence-corrected chi connectivity index (χ4v) is 4.02. The van der Waals surface area contributed by atoms with Crippen LogP contribution in [0.4, 0.5) is 0 Å². The van der Waals surface area contributed by atoms with Gasteiger partial charge < -0.3 is 10.1 Å². The third-order valence-electron chi connectivity index (χ3n) is 4.71. The highest BCUT2D eigenvalue weighted by Crippen LogP contribution is 2.38. The summed E-state index contributed by atoms with van der Waals surface area (Å²) in [5.41, 5.74) is 3.67. The average Bonchev–Trinajstić information content (AvgIpc) is 2.97. The van der Waals surface area contributed by atoms with Crippen LogP contribution in [0.3, 0.4) is 0 Å². The number of nitrogens with one attached hydrogen (secondary N) is 1. The maximum atomic E-state index is 11.6. The summed E-state index contributed by atoms with van der Waals surface area (Å²) in [5.74, 6) is 0.960. The highest BCUT2D eigenvalue weighted by molar-refractivity contribution is 7.90. The summed E-state index contributed by atoms with van der Waals surface area (Å²) in [4.78, 5) is 0.356. The molecule has 0 saturated heterocycles. The van der Waals surface area contributed by atoms with Gasteiger partial charge in [-0.1, -0.05) is 24.3 Å². The largest absolute Gasteiger partial charge is 0.496 e. The fraction of sp³-hybridized carbons (Fsp3) is 0.368. The van der Waals surface area contributed by atoms with Crippen molar-refractivity contribution in [2.24, 2.45) is 0 Å². The smallest absolute Gasteiger partial charge is 0.175 e. The Hall–Kier alpha value is -1.85. The van der Waals surface area contributed by atoms with Crippen molar-refractivity contribution < 1.29 is 13.2 Å². The summed E-state index contributed by atoms with van der Waals surface area (Å²) in [7, 11) is -1.44. The van der Waals surface area contributed by atoms with E-state index in [1.54, 1.807) is 19.2 Å². The van der Waals surface area contributed by atoms with Crippen LogP contribution in [0.1, 0.15) is 42.1 Å². The Morgan fingerprint density at radius 2 is 1.88 bits per heavy atom. The Bertz CT molecular complexity index is 828. The molecule has 24 heavy (non-hydrogen) atoms. The third kappa shape index (κ3) is 3.32. The van der Waals surface area contributed by atoms with Crippen LogP contribution in [0.5, 0.6) is 5.75 Å². The molecule has 128 valence electrons. The topological polar surface area (TPSA) is 55.4 Å². The van der Waals surface area contributed by atoms with Crippen molar-refractivity contribution in [3.05, 3.63) is 59.2 Å². The van der Waals surface area contributed by atoms with E-state index in [1.807, 2.05) is 24.3 Å². The van der Waals surface area contributed by atoms with Gasteiger partial charge in [0.15, 0.2) is 9.84 Å². The van der Waals surface area contributed by atoms with Gasteiger partial charge in [-0.15, -0.1) is 0 Å². The van der Waals surface area contributed by atoms with E-state index in [-0.39, 0.29) is 6.04 Å². The van der Waals surface area contributed by atoms with Gasteiger partial charge in [0.2, 0.25) is 0 Å². The summed E-state index contributed by atoms with van der Waals surface area (Å²) in [6.45, 7) is 2.10. The van der Waals surface area contributed by atoms with Crippen molar-refractivity contribution in [1.29, 1.82) is 0 Å². The number of hydrogen-bond acceptors (Lipinski definition) is 4. The number of fused-ring (bicyclic) bond motifs is 1. The van der Waals surface area contributed by atoms with Crippen molar-refractivity contribution in [3.63, 3.8) is 0 Å². The molecule has 1 N–H and O–H groups in total. The summed E-state index contributed by atoms with van der Waals surface area (Å²) < 4.78 is 28.6. The van der Waals surface area contributed by atoms with Gasteiger partial charge in [0.05, 0.1) is 12.0 Å². The lowest BCUT2D eigenvalue weighted by Gasteiger charge is -2.21. The second-order valence-electron chi connectivity index (χ2n) is 6.35. The average molecular weight is 345 g/mol. The number of ether oxygens (including phenoxy) is 1. The van der Waals surface area contributed by atoms with Gasteiger partial charge in [0.25, 0.3) is 0 Å². The molecule has 2 aromatic rings. The van der Waals surface area contributed by atoms with Gasteiger partial charge in [0.1, 0.15) is 5.75 Å². The second kappa shape index (κ2) is 6.57. The number of rotatable bonds is 5. The number of methoxy groups -OCH3 is 1. The molecule has 0 amide bonds. The SMILES string of the molecule is COc1cccc2c1CC[C@H]2N[C@H](C)c1ccc(S(C)(=O)=O)cc1. The van der Waals surface area contributed by atoms with Gasteiger partial charge in [-0.2, -0.15) is 0 Å². The first-order valence-electron chi connectivity index (χ1n) is 8.12. The Morgan fingerprint density at radius 1 is 1.17 bits per heavy atom. The van der Waals surface area contributed by atoms with Crippen LogP contribution in [0.2, 0.25) is 0 Å².